The molecule has 0 saturated heterocycles. The molecule has 168 valence electrons. The van der Waals surface area contributed by atoms with E-state index in [1.165, 1.54) is 11.8 Å². The van der Waals surface area contributed by atoms with Gasteiger partial charge in [0.15, 0.2) is 11.5 Å². The fraction of sp³-hybridized carbons (Fsp3) is 0.0769. The van der Waals surface area contributed by atoms with Crippen molar-refractivity contribution in [2.45, 2.75) is 0 Å². The van der Waals surface area contributed by atoms with E-state index in [4.69, 9.17) is 9.15 Å². The Hall–Kier alpha value is -4.72. The number of nitrogens with zero attached hydrogens (tertiary/aromatic N) is 2. The molecule has 8 nitrogen and oxygen atoms in total. The third kappa shape index (κ3) is 3.51. The van der Waals surface area contributed by atoms with Crippen LogP contribution in [0.25, 0.3) is 21.9 Å². The van der Waals surface area contributed by atoms with Crippen LogP contribution in [-0.4, -0.2) is 28.6 Å². The number of methoxy groups -OCH3 is 1. The Morgan fingerprint density at radius 2 is 1.71 bits per heavy atom. The Morgan fingerprint density at radius 3 is 2.50 bits per heavy atom. The molecule has 34 heavy (non-hydrogen) atoms. The molecule has 0 aliphatic heterocycles. The van der Waals surface area contributed by atoms with Crippen molar-refractivity contribution in [1.82, 2.24) is 9.78 Å². The quantitative estimate of drug-likeness (QED) is 0.401. The largest absolute Gasteiger partial charge is 0.497 e. The van der Waals surface area contributed by atoms with Crippen LogP contribution in [0.1, 0.15) is 26.6 Å². The number of aromatic nitrogens is 2. The molecule has 0 aliphatic rings. The molecule has 0 spiro atoms. The molecule has 1 amide bonds. The second-order valence-corrected chi connectivity index (χ2v) is 7.64. The summed E-state index contributed by atoms with van der Waals surface area (Å²) in [6, 6.07) is 20.5. The van der Waals surface area contributed by atoms with Crippen LogP contribution in [0.2, 0.25) is 0 Å². The van der Waals surface area contributed by atoms with Gasteiger partial charge in [-0.1, -0.05) is 36.4 Å². The van der Waals surface area contributed by atoms with Gasteiger partial charge >= 0.3 is 0 Å². The van der Waals surface area contributed by atoms with Crippen molar-refractivity contribution >= 4 is 39.2 Å². The first-order valence-corrected chi connectivity index (χ1v) is 10.5. The molecule has 5 rings (SSSR count). The zero-order valence-electron chi connectivity index (χ0n) is 18.4. The van der Waals surface area contributed by atoms with Gasteiger partial charge in [-0.15, -0.1) is 0 Å². The van der Waals surface area contributed by atoms with Gasteiger partial charge < -0.3 is 14.5 Å². The predicted molar refractivity (Wildman–Crippen MR) is 128 cm³/mol. The fourth-order valence-corrected chi connectivity index (χ4v) is 3.87. The average Bonchev–Trinajstić information content (AvgIpc) is 3.24. The van der Waals surface area contributed by atoms with Gasteiger partial charge in [0.1, 0.15) is 11.3 Å². The first kappa shape index (κ1) is 21.1. The number of rotatable bonds is 5. The molecule has 0 fully saturated rings. The maximum Gasteiger partial charge on any atom is 0.280 e. The molecule has 0 radical (unpaired) electrons. The lowest BCUT2D eigenvalue weighted by atomic mass is 10.1. The highest BCUT2D eigenvalue weighted by molar-refractivity contribution is 6.18. The van der Waals surface area contributed by atoms with Crippen molar-refractivity contribution in [3.05, 3.63) is 100 Å². The molecule has 0 bridgehead atoms. The molecule has 5 aromatic rings. The maximum atomic E-state index is 13.3. The molecule has 8 heteroatoms. The minimum atomic E-state index is -0.738. The molecular formula is C26H19N3O5. The molecule has 0 aliphatic carbocycles. The topological polar surface area (TPSA) is 103 Å². The van der Waals surface area contributed by atoms with Crippen molar-refractivity contribution < 1.29 is 18.7 Å². The van der Waals surface area contributed by atoms with Crippen LogP contribution in [0.4, 0.5) is 5.69 Å². The van der Waals surface area contributed by atoms with Gasteiger partial charge in [-0.3, -0.25) is 19.1 Å². The summed E-state index contributed by atoms with van der Waals surface area (Å²) in [5, 5.41) is 7.78. The standard InChI is InChI=1S/C26H19N3O5/c1-29-19-12-5-3-10-17(19)24(31)22(28-29)26(32)27-21-18-11-4-6-13-20(18)34-25(21)23(30)15-8-7-9-16(14-15)33-2/h3-14H,1-2H3,(H,27,32). The summed E-state index contributed by atoms with van der Waals surface area (Å²) in [5.74, 6) is -0.723. The number of ether oxygens (including phenoxy) is 1. The number of ketones is 1. The van der Waals surface area contributed by atoms with E-state index in [0.717, 1.165) is 0 Å². The molecular weight excluding hydrogens is 434 g/mol. The number of anilines is 1. The summed E-state index contributed by atoms with van der Waals surface area (Å²) in [7, 11) is 3.16. The normalized spacial score (nSPS) is 11.0. The molecule has 1 N–H and O–H groups in total. The van der Waals surface area contributed by atoms with Crippen molar-refractivity contribution in [1.29, 1.82) is 0 Å². The molecule has 3 aromatic carbocycles. The Morgan fingerprint density at radius 1 is 0.971 bits per heavy atom. The van der Waals surface area contributed by atoms with Crippen molar-refractivity contribution in [2.24, 2.45) is 7.05 Å². The Labute approximate surface area is 193 Å². The number of para-hydroxylation sites is 2. The molecule has 2 heterocycles. The minimum absolute atomic E-state index is 0.0552. The highest BCUT2D eigenvalue weighted by Gasteiger charge is 2.26. The van der Waals surface area contributed by atoms with Crippen molar-refractivity contribution in [3.63, 3.8) is 0 Å². The highest BCUT2D eigenvalue weighted by atomic mass is 16.5. The third-order valence-electron chi connectivity index (χ3n) is 5.55. The fourth-order valence-electron chi connectivity index (χ4n) is 3.87. The number of amides is 1. The lowest BCUT2D eigenvalue weighted by Gasteiger charge is -2.09. The second-order valence-electron chi connectivity index (χ2n) is 7.64. The zero-order chi connectivity index (χ0) is 23.8. The van der Waals surface area contributed by atoms with Crippen LogP contribution in [0.5, 0.6) is 5.75 Å². The molecule has 0 atom stereocenters. The summed E-state index contributed by atoms with van der Waals surface area (Å²) in [4.78, 5) is 39.5. The van der Waals surface area contributed by atoms with Crippen LogP contribution in [0, 0.1) is 0 Å². The number of aryl methyl sites for hydroxylation is 1. The first-order valence-electron chi connectivity index (χ1n) is 10.5. The summed E-state index contributed by atoms with van der Waals surface area (Å²) in [6.07, 6.45) is 0. The predicted octanol–water partition coefficient (Wildman–Crippen LogP) is 4.17. The number of benzene rings is 3. The lowest BCUT2D eigenvalue weighted by Crippen LogP contribution is -2.26. The van der Waals surface area contributed by atoms with Crippen LogP contribution in [-0.2, 0) is 7.05 Å². The summed E-state index contributed by atoms with van der Waals surface area (Å²) >= 11 is 0. The van der Waals surface area contributed by atoms with Gasteiger partial charge in [0.25, 0.3) is 5.91 Å². The number of carbonyl (C=O) groups is 2. The van der Waals surface area contributed by atoms with E-state index in [1.807, 2.05) is 0 Å². The van der Waals surface area contributed by atoms with Crippen LogP contribution < -0.4 is 15.5 Å². The Kier molecular flexibility index (Phi) is 5.18. The van der Waals surface area contributed by atoms with E-state index in [-0.39, 0.29) is 17.1 Å². The van der Waals surface area contributed by atoms with Crippen LogP contribution >= 0.6 is 0 Å². The number of fused-ring (bicyclic) bond motifs is 2. The van der Waals surface area contributed by atoms with E-state index in [1.54, 1.807) is 79.8 Å². The second kappa shape index (κ2) is 8.32. The minimum Gasteiger partial charge on any atom is -0.497 e. The summed E-state index contributed by atoms with van der Waals surface area (Å²) in [5.41, 5.74) is 0.736. The van der Waals surface area contributed by atoms with Crippen LogP contribution in [0.3, 0.4) is 0 Å². The van der Waals surface area contributed by atoms with E-state index < -0.39 is 17.1 Å². The SMILES string of the molecule is COc1cccc(C(=O)c2oc3ccccc3c2NC(=O)c2nn(C)c3ccccc3c2=O)c1. The van der Waals surface area contributed by atoms with E-state index in [2.05, 4.69) is 10.4 Å². The van der Waals surface area contributed by atoms with E-state index in [0.29, 0.717) is 33.2 Å². The van der Waals surface area contributed by atoms with Crippen molar-refractivity contribution in [3.8, 4) is 5.75 Å². The monoisotopic (exact) mass is 453 g/mol. The molecule has 0 unspecified atom stereocenters. The van der Waals surface area contributed by atoms with Gasteiger partial charge in [-0.2, -0.15) is 5.10 Å². The van der Waals surface area contributed by atoms with Gasteiger partial charge in [-0.05, 0) is 36.4 Å². The number of carbonyl (C=O) groups excluding carboxylic acids is 2. The first-order chi connectivity index (χ1) is 16.5. The lowest BCUT2D eigenvalue weighted by molar-refractivity contribution is 0.101. The summed E-state index contributed by atoms with van der Waals surface area (Å²) in [6.45, 7) is 0. The number of hydrogen-bond donors (Lipinski definition) is 1. The van der Waals surface area contributed by atoms with E-state index >= 15 is 0 Å². The number of nitrogens with one attached hydrogen (secondary N) is 1. The van der Waals surface area contributed by atoms with Gasteiger partial charge in [0.2, 0.25) is 11.2 Å². The number of furan rings is 1. The molecule has 0 saturated carbocycles. The van der Waals surface area contributed by atoms with Gasteiger partial charge in [-0.25, -0.2) is 0 Å². The molecule has 2 aromatic heterocycles. The van der Waals surface area contributed by atoms with Gasteiger partial charge in [0.05, 0.1) is 18.3 Å². The summed E-state index contributed by atoms with van der Waals surface area (Å²) < 4.78 is 12.5. The van der Waals surface area contributed by atoms with Gasteiger partial charge in [0, 0.05) is 23.4 Å². The smallest absolute Gasteiger partial charge is 0.280 e. The number of hydrogen-bond acceptors (Lipinski definition) is 6. The van der Waals surface area contributed by atoms with E-state index in [9.17, 15) is 14.4 Å². The Balaban J connectivity index is 1.61. The third-order valence-corrected chi connectivity index (χ3v) is 5.55. The van der Waals surface area contributed by atoms with Crippen molar-refractivity contribution in [2.75, 3.05) is 12.4 Å². The zero-order valence-corrected chi connectivity index (χ0v) is 18.4. The average molecular weight is 453 g/mol. The maximum absolute atomic E-state index is 13.3. The Bertz CT molecular complexity index is 1650. The highest BCUT2D eigenvalue weighted by Crippen LogP contribution is 2.33. The van der Waals surface area contributed by atoms with Crippen LogP contribution in [0.15, 0.2) is 82.0 Å².